The highest BCUT2D eigenvalue weighted by Gasteiger charge is 2.01. The van der Waals surface area contributed by atoms with Crippen LogP contribution in [0.25, 0.3) is 5.57 Å². The van der Waals surface area contributed by atoms with Crippen molar-refractivity contribution in [3.8, 4) is 0 Å². The van der Waals surface area contributed by atoms with Crippen LogP contribution in [0, 0.1) is 0 Å². The summed E-state index contributed by atoms with van der Waals surface area (Å²) in [5, 5.41) is 0. The van der Waals surface area contributed by atoms with E-state index < -0.39 is 0 Å². The van der Waals surface area contributed by atoms with E-state index in [4.69, 9.17) is 0 Å². The SMILES string of the molecule is C=C(N=C/C(C)=C(\C)c1ccccc1)C1=CCCC=C1. The van der Waals surface area contributed by atoms with Gasteiger partial charge in [0.15, 0.2) is 0 Å². The lowest BCUT2D eigenvalue weighted by Gasteiger charge is -2.07. The molecular formula is C19H21N. The lowest BCUT2D eigenvalue weighted by molar-refractivity contribution is 1.02. The summed E-state index contributed by atoms with van der Waals surface area (Å²) in [6.07, 6.45) is 10.6. The van der Waals surface area contributed by atoms with Crippen LogP contribution in [-0.2, 0) is 0 Å². The molecule has 102 valence electrons. The van der Waals surface area contributed by atoms with Crippen molar-refractivity contribution in [2.24, 2.45) is 4.99 Å². The third kappa shape index (κ3) is 3.67. The van der Waals surface area contributed by atoms with Crippen molar-refractivity contribution in [1.82, 2.24) is 0 Å². The zero-order valence-electron chi connectivity index (χ0n) is 12.3. The Balaban J connectivity index is 2.12. The van der Waals surface area contributed by atoms with E-state index in [-0.39, 0.29) is 0 Å². The fourth-order valence-corrected chi connectivity index (χ4v) is 2.09. The van der Waals surface area contributed by atoms with Gasteiger partial charge in [0, 0.05) is 6.21 Å². The van der Waals surface area contributed by atoms with Gasteiger partial charge in [-0.15, -0.1) is 0 Å². The zero-order valence-corrected chi connectivity index (χ0v) is 12.3. The van der Waals surface area contributed by atoms with Crippen molar-refractivity contribution in [3.05, 3.63) is 77.5 Å². The quantitative estimate of drug-likeness (QED) is 0.650. The van der Waals surface area contributed by atoms with Crippen LogP contribution in [0.1, 0.15) is 32.3 Å². The molecule has 2 rings (SSSR count). The van der Waals surface area contributed by atoms with Crippen molar-refractivity contribution >= 4 is 11.8 Å². The topological polar surface area (TPSA) is 12.4 Å². The molecule has 0 saturated carbocycles. The third-order valence-electron chi connectivity index (χ3n) is 3.54. The molecule has 0 fully saturated rings. The van der Waals surface area contributed by atoms with Gasteiger partial charge in [0.25, 0.3) is 0 Å². The number of rotatable bonds is 4. The molecule has 20 heavy (non-hydrogen) atoms. The Kier molecular flexibility index (Phi) is 4.89. The smallest absolute Gasteiger partial charge is 0.0627 e. The maximum absolute atomic E-state index is 4.50. The zero-order chi connectivity index (χ0) is 14.4. The minimum atomic E-state index is 0.834. The Labute approximate surface area is 121 Å². The Morgan fingerprint density at radius 1 is 1.15 bits per heavy atom. The fourth-order valence-electron chi connectivity index (χ4n) is 2.09. The molecule has 0 amide bonds. The summed E-state index contributed by atoms with van der Waals surface area (Å²) in [4.78, 5) is 4.50. The molecule has 1 aliphatic rings. The van der Waals surface area contributed by atoms with Crippen LogP contribution < -0.4 is 0 Å². The molecule has 0 heterocycles. The van der Waals surface area contributed by atoms with E-state index >= 15 is 0 Å². The molecule has 1 aliphatic carbocycles. The molecular weight excluding hydrogens is 242 g/mol. The van der Waals surface area contributed by atoms with E-state index in [0.29, 0.717) is 0 Å². The van der Waals surface area contributed by atoms with Crippen molar-refractivity contribution in [2.45, 2.75) is 26.7 Å². The van der Waals surface area contributed by atoms with Crippen molar-refractivity contribution in [2.75, 3.05) is 0 Å². The average molecular weight is 263 g/mol. The Hall–Kier alpha value is -2.15. The summed E-state index contributed by atoms with van der Waals surface area (Å²) in [6, 6.07) is 10.4. The van der Waals surface area contributed by atoms with Crippen molar-refractivity contribution < 1.29 is 0 Å². The summed E-state index contributed by atoms with van der Waals surface area (Å²) in [5.41, 5.74) is 5.62. The molecule has 0 aromatic heterocycles. The average Bonchev–Trinajstić information content (AvgIpc) is 2.53. The predicted molar refractivity (Wildman–Crippen MR) is 88.8 cm³/mol. The molecule has 0 N–H and O–H groups in total. The third-order valence-corrected chi connectivity index (χ3v) is 3.54. The molecule has 0 spiro atoms. The van der Waals surface area contributed by atoms with Gasteiger partial charge in [0.1, 0.15) is 0 Å². The molecule has 0 radical (unpaired) electrons. The van der Waals surface area contributed by atoms with E-state index in [2.05, 4.69) is 67.9 Å². The first-order valence-electron chi connectivity index (χ1n) is 7.01. The van der Waals surface area contributed by atoms with Crippen molar-refractivity contribution in [1.29, 1.82) is 0 Å². The first-order valence-corrected chi connectivity index (χ1v) is 7.01. The lowest BCUT2D eigenvalue weighted by atomic mass is 10.0. The summed E-state index contributed by atoms with van der Waals surface area (Å²) in [5.74, 6) is 0. The van der Waals surface area contributed by atoms with Crippen LogP contribution in [0.4, 0.5) is 0 Å². The molecule has 0 aliphatic heterocycles. The minimum Gasteiger partial charge on any atom is -0.257 e. The molecule has 0 atom stereocenters. The van der Waals surface area contributed by atoms with E-state index in [1.807, 2.05) is 12.3 Å². The van der Waals surface area contributed by atoms with E-state index in [0.717, 1.165) is 29.7 Å². The molecule has 0 bridgehead atoms. The fraction of sp³-hybridized carbons (Fsp3) is 0.211. The standard InChI is InChI=1S/C19H21N/c1-15(16(2)18-10-6-4-7-11-18)14-20-17(3)19-12-8-5-9-13-19/h4,6-8,10-14H,3,5,9H2,1-2H3/b16-15+,20-14?. The van der Waals surface area contributed by atoms with E-state index in [9.17, 15) is 0 Å². The van der Waals surface area contributed by atoms with Gasteiger partial charge in [-0.25, -0.2) is 0 Å². The molecule has 1 aromatic rings. The van der Waals surface area contributed by atoms with Crippen LogP contribution in [-0.4, -0.2) is 6.21 Å². The number of nitrogens with zero attached hydrogens (tertiary/aromatic N) is 1. The Morgan fingerprint density at radius 3 is 2.55 bits per heavy atom. The molecule has 1 nitrogen and oxygen atoms in total. The number of benzene rings is 1. The van der Waals surface area contributed by atoms with Gasteiger partial charge in [-0.1, -0.05) is 55.1 Å². The second kappa shape index (κ2) is 6.85. The maximum atomic E-state index is 4.50. The molecule has 1 aromatic carbocycles. The predicted octanol–water partition coefficient (Wildman–Crippen LogP) is 5.34. The van der Waals surface area contributed by atoms with Gasteiger partial charge in [-0.3, -0.25) is 4.99 Å². The number of allylic oxidation sites excluding steroid dienone is 5. The van der Waals surface area contributed by atoms with Gasteiger partial charge in [-0.2, -0.15) is 0 Å². The normalized spacial score (nSPS) is 16.0. The van der Waals surface area contributed by atoms with Gasteiger partial charge in [-0.05, 0) is 49.0 Å². The first kappa shape index (κ1) is 14.3. The second-order valence-corrected chi connectivity index (χ2v) is 5.02. The number of hydrogen-bond donors (Lipinski definition) is 0. The maximum Gasteiger partial charge on any atom is 0.0627 e. The lowest BCUT2D eigenvalue weighted by Crippen LogP contribution is -1.90. The number of aliphatic imine (C=N–C) groups is 1. The summed E-state index contributed by atoms with van der Waals surface area (Å²) >= 11 is 0. The van der Waals surface area contributed by atoms with Crippen LogP contribution in [0.5, 0.6) is 0 Å². The Bertz CT molecular complexity index is 598. The van der Waals surface area contributed by atoms with Gasteiger partial charge in [0.2, 0.25) is 0 Å². The summed E-state index contributed by atoms with van der Waals surface area (Å²) in [7, 11) is 0. The van der Waals surface area contributed by atoms with Crippen molar-refractivity contribution in [3.63, 3.8) is 0 Å². The molecule has 0 unspecified atom stereocenters. The van der Waals surface area contributed by atoms with Gasteiger partial charge in [0.05, 0.1) is 5.70 Å². The minimum absolute atomic E-state index is 0.834. The monoisotopic (exact) mass is 263 g/mol. The van der Waals surface area contributed by atoms with Crippen LogP contribution >= 0.6 is 0 Å². The highest BCUT2D eigenvalue weighted by molar-refractivity contribution is 5.90. The van der Waals surface area contributed by atoms with Crippen LogP contribution in [0.2, 0.25) is 0 Å². The van der Waals surface area contributed by atoms with E-state index in [1.54, 1.807) is 0 Å². The summed E-state index contributed by atoms with van der Waals surface area (Å²) in [6.45, 7) is 8.25. The molecule has 1 heteroatoms. The Morgan fingerprint density at radius 2 is 1.90 bits per heavy atom. The largest absolute Gasteiger partial charge is 0.257 e. The highest BCUT2D eigenvalue weighted by Crippen LogP contribution is 2.19. The van der Waals surface area contributed by atoms with Crippen LogP contribution in [0.3, 0.4) is 0 Å². The highest BCUT2D eigenvalue weighted by atomic mass is 14.7. The van der Waals surface area contributed by atoms with Crippen LogP contribution in [0.15, 0.2) is 77.0 Å². The van der Waals surface area contributed by atoms with Gasteiger partial charge < -0.3 is 0 Å². The van der Waals surface area contributed by atoms with E-state index in [1.165, 1.54) is 11.1 Å². The van der Waals surface area contributed by atoms with Gasteiger partial charge >= 0.3 is 0 Å². The number of hydrogen-bond acceptors (Lipinski definition) is 1. The first-order chi connectivity index (χ1) is 9.68. The molecule has 0 saturated heterocycles. The second-order valence-electron chi connectivity index (χ2n) is 5.02. The summed E-state index contributed by atoms with van der Waals surface area (Å²) < 4.78 is 0.